The van der Waals surface area contributed by atoms with Crippen molar-refractivity contribution >= 4 is 11.8 Å². The molecule has 0 aliphatic heterocycles. The van der Waals surface area contributed by atoms with Gasteiger partial charge in [-0.05, 0) is 29.8 Å². The molecule has 0 amide bonds. The van der Waals surface area contributed by atoms with Crippen LogP contribution in [0.25, 0.3) is 0 Å². The molecule has 3 heteroatoms. The van der Waals surface area contributed by atoms with Gasteiger partial charge in [0, 0.05) is 23.0 Å². The SMILES string of the molecule is COc1ccc(CSc2cccnc2)cc1. The van der Waals surface area contributed by atoms with Crippen molar-refractivity contribution in [3.05, 3.63) is 54.4 Å². The Balaban J connectivity index is 1.94. The van der Waals surface area contributed by atoms with Crippen LogP contribution in [0.3, 0.4) is 0 Å². The summed E-state index contributed by atoms with van der Waals surface area (Å²) in [6.07, 6.45) is 3.67. The van der Waals surface area contributed by atoms with Gasteiger partial charge in [0.05, 0.1) is 7.11 Å². The van der Waals surface area contributed by atoms with Gasteiger partial charge < -0.3 is 4.74 Å². The van der Waals surface area contributed by atoms with Gasteiger partial charge in [-0.15, -0.1) is 11.8 Å². The van der Waals surface area contributed by atoms with Gasteiger partial charge in [0.2, 0.25) is 0 Å². The Hall–Kier alpha value is -1.48. The molecule has 0 saturated heterocycles. The summed E-state index contributed by atoms with van der Waals surface area (Å²) in [5.41, 5.74) is 1.29. The summed E-state index contributed by atoms with van der Waals surface area (Å²) in [5, 5.41) is 0. The summed E-state index contributed by atoms with van der Waals surface area (Å²) >= 11 is 1.78. The van der Waals surface area contributed by atoms with E-state index in [1.54, 1.807) is 25.1 Å². The third-order valence-electron chi connectivity index (χ3n) is 2.20. The fourth-order valence-corrected chi connectivity index (χ4v) is 2.16. The molecule has 16 heavy (non-hydrogen) atoms. The monoisotopic (exact) mass is 231 g/mol. The summed E-state index contributed by atoms with van der Waals surface area (Å²) in [7, 11) is 1.68. The summed E-state index contributed by atoms with van der Waals surface area (Å²) < 4.78 is 5.12. The van der Waals surface area contributed by atoms with Crippen LogP contribution in [-0.4, -0.2) is 12.1 Å². The molecule has 0 fully saturated rings. The number of hydrogen-bond acceptors (Lipinski definition) is 3. The van der Waals surface area contributed by atoms with E-state index in [1.165, 1.54) is 10.5 Å². The highest BCUT2D eigenvalue weighted by Gasteiger charge is 1.96. The Labute approximate surface area is 99.7 Å². The van der Waals surface area contributed by atoms with E-state index in [9.17, 15) is 0 Å². The van der Waals surface area contributed by atoms with E-state index < -0.39 is 0 Å². The molecule has 2 nitrogen and oxygen atoms in total. The van der Waals surface area contributed by atoms with E-state index in [-0.39, 0.29) is 0 Å². The molecule has 2 aromatic rings. The van der Waals surface area contributed by atoms with Gasteiger partial charge in [-0.25, -0.2) is 0 Å². The standard InChI is InChI=1S/C13H13NOS/c1-15-12-6-4-11(5-7-12)10-16-13-3-2-8-14-9-13/h2-9H,10H2,1H3. The maximum Gasteiger partial charge on any atom is 0.118 e. The summed E-state index contributed by atoms with van der Waals surface area (Å²) in [6.45, 7) is 0. The molecule has 0 saturated carbocycles. The van der Waals surface area contributed by atoms with Crippen LogP contribution in [0.2, 0.25) is 0 Å². The highest BCUT2D eigenvalue weighted by Crippen LogP contribution is 2.22. The van der Waals surface area contributed by atoms with Crippen molar-refractivity contribution in [3.63, 3.8) is 0 Å². The van der Waals surface area contributed by atoms with E-state index in [0.29, 0.717) is 0 Å². The van der Waals surface area contributed by atoms with Crippen molar-refractivity contribution in [1.29, 1.82) is 0 Å². The number of benzene rings is 1. The molecule has 0 aliphatic rings. The molecule has 0 spiro atoms. The number of thioether (sulfide) groups is 1. The average Bonchev–Trinajstić information content (AvgIpc) is 2.38. The first-order valence-electron chi connectivity index (χ1n) is 5.04. The number of pyridine rings is 1. The molecule has 0 N–H and O–H groups in total. The number of rotatable bonds is 4. The number of nitrogens with zero attached hydrogens (tertiary/aromatic N) is 1. The van der Waals surface area contributed by atoms with Gasteiger partial charge >= 0.3 is 0 Å². The van der Waals surface area contributed by atoms with E-state index in [2.05, 4.69) is 23.2 Å². The maximum absolute atomic E-state index is 5.12. The first-order chi connectivity index (χ1) is 7.88. The van der Waals surface area contributed by atoms with E-state index in [0.717, 1.165) is 11.5 Å². The van der Waals surface area contributed by atoms with Crippen LogP contribution in [-0.2, 0) is 5.75 Å². The molecule has 2 rings (SSSR count). The largest absolute Gasteiger partial charge is 0.497 e. The Kier molecular flexibility index (Phi) is 3.83. The fraction of sp³-hybridized carbons (Fsp3) is 0.154. The number of aromatic nitrogens is 1. The zero-order chi connectivity index (χ0) is 11.2. The van der Waals surface area contributed by atoms with Crippen LogP contribution in [0.4, 0.5) is 0 Å². The molecule has 0 atom stereocenters. The fourth-order valence-electron chi connectivity index (χ4n) is 1.32. The summed E-state index contributed by atoms with van der Waals surface area (Å²) in [6, 6.07) is 12.2. The van der Waals surface area contributed by atoms with Crippen molar-refractivity contribution in [1.82, 2.24) is 4.98 Å². The lowest BCUT2D eigenvalue weighted by atomic mass is 10.2. The van der Waals surface area contributed by atoms with Gasteiger partial charge in [-0.1, -0.05) is 12.1 Å². The van der Waals surface area contributed by atoms with Gasteiger partial charge in [0.25, 0.3) is 0 Å². The summed E-state index contributed by atoms with van der Waals surface area (Å²) in [4.78, 5) is 5.28. The van der Waals surface area contributed by atoms with Gasteiger partial charge in [-0.2, -0.15) is 0 Å². The predicted molar refractivity (Wildman–Crippen MR) is 66.8 cm³/mol. The maximum atomic E-state index is 5.12. The highest BCUT2D eigenvalue weighted by molar-refractivity contribution is 7.98. The minimum Gasteiger partial charge on any atom is -0.497 e. The molecule has 0 bridgehead atoms. The molecule has 1 heterocycles. The zero-order valence-corrected chi connectivity index (χ0v) is 9.91. The lowest BCUT2D eigenvalue weighted by Gasteiger charge is -2.03. The first kappa shape index (κ1) is 11.0. The normalized spacial score (nSPS) is 10.1. The molecular weight excluding hydrogens is 218 g/mol. The molecule has 0 aliphatic carbocycles. The molecule has 0 radical (unpaired) electrons. The second-order valence-corrected chi connectivity index (χ2v) is 4.37. The van der Waals surface area contributed by atoms with Crippen LogP contribution in [0.1, 0.15) is 5.56 Å². The van der Waals surface area contributed by atoms with Gasteiger partial charge in [0.1, 0.15) is 5.75 Å². The van der Waals surface area contributed by atoms with Crippen molar-refractivity contribution in [2.75, 3.05) is 7.11 Å². The third kappa shape index (κ3) is 3.00. The average molecular weight is 231 g/mol. The minimum absolute atomic E-state index is 0.898. The van der Waals surface area contributed by atoms with Crippen molar-refractivity contribution in [3.8, 4) is 5.75 Å². The lowest BCUT2D eigenvalue weighted by Crippen LogP contribution is -1.84. The van der Waals surface area contributed by atoms with Crippen molar-refractivity contribution < 1.29 is 4.74 Å². The van der Waals surface area contributed by atoms with Crippen LogP contribution >= 0.6 is 11.8 Å². The van der Waals surface area contributed by atoms with Crippen molar-refractivity contribution in [2.45, 2.75) is 10.6 Å². The molecule has 1 aromatic carbocycles. The van der Waals surface area contributed by atoms with E-state index in [4.69, 9.17) is 4.74 Å². The van der Waals surface area contributed by atoms with Crippen LogP contribution in [0, 0.1) is 0 Å². The molecule has 0 unspecified atom stereocenters. The first-order valence-corrected chi connectivity index (χ1v) is 6.03. The number of hydrogen-bond donors (Lipinski definition) is 0. The number of methoxy groups -OCH3 is 1. The number of ether oxygens (including phenoxy) is 1. The van der Waals surface area contributed by atoms with Crippen LogP contribution in [0.5, 0.6) is 5.75 Å². The highest BCUT2D eigenvalue weighted by atomic mass is 32.2. The Bertz CT molecular complexity index is 427. The quantitative estimate of drug-likeness (QED) is 0.753. The van der Waals surface area contributed by atoms with Crippen LogP contribution in [0.15, 0.2) is 53.7 Å². The third-order valence-corrected chi connectivity index (χ3v) is 3.25. The minimum atomic E-state index is 0.898. The van der Waals surface area contributed by atoms with Gasteiger partial charge in [-0.3, -0.25) is 4.98 Å². The lowest BCUT2D eigenvalue weighted by molar-refractivity contribution is 0.414. The molecule has 82 valence electrons. The van der Waals surface area contributed by atoms with Crippen molar-refractivity contribution in [2.24, 2.45) is 0 Å². The molecular formula is C13H13NOS. The Morgan fingerprint density at radius 1 is 1.19 bits per heavy atom. The topological polar surface area (TPSA) is 22.1 Å². The Morgan fingerprint density at radius 3 is 2.62 bits per heavy atom. The molecule has 1 aromatic heterocycles. The van der Waals surface area contributed by atoms with E-state index >= 15 is 0 Å². The van der Waals surface area contributed by atoms with Gasteiger partial charge in [0.15, 0.2) is 0 Å². The predicted octanol–water partition coefficient (Wildman–Crippen LogP) is 3.38. The van der Waals surface area contributed by atoms with E-state index in [1.807, 2.05) is 24.4 Å². The van der Waals surface area contributed by atoms with Crippen LogP contribution < -0.4 is 4.74 Å². The Morgan fingerprint density at radius 2 is 2.00 bits per heavy atom. The second kappa shape index (κ2) is 5.56. The summed E-state index contributed by atoms with van der Waals surface area (Å²) in [5.74, 6) is 1.85. The smallest absolute Gasteiger partial charge is 0.118 e. The second-order valence-electron chi connectivity index (χ2n) is 3.33. The zero-order valence-electron chi connectivity index (χ0n) is 9.09.